The second-order valence-electron chi connectivity index (χ2n) is 5.26. The molecule has 0 saturated carbocycles. The van der Waals surface area contributed by atoms with Crippen LogP contribution in [-0.4, -0.2) is 35.8 Å². The zero-order valence-electron chi connectivity index (χ0n) is 11.9. The summed E-state index contributed by atoms with van der Waals surface area (Å²) >= 11 is 6.12. The van der Waals surface area contributed by atoms with Crippen LogP contribution in [0.1, 0.15) is 45.4 Å². The van der Waals surface area contributed by atoms with Gasteiger partial charge in [-0.15, -0.1) is 0 Å². The van der Waals surface area contributed by atoms with Gasteiger partial charge in [-0.1, -0.05) is 32.4 Å². The van der Waals surface area contributed by atoms with Crippen molar-refractivity contribution in [1.29, 1.82) is 0 Å². The van der Waals surface area contributed by atoms with Crippen LogP contribution in [0.5, 0.6) is 0 Å². The monoisotopic (exact) mass is 283 g/mol. The molecule has 1 aromatic heterocycles. The maximum Gasteiger partial charge on any atom is 0.135 e. The first-order chi connectivity index (χ1) is 9.10. The van der Waals surface area contributed by atoms with Crippen molar-refractivity contribution in [2.45, 2.75) is 45.6 Å². The number of nitrogens with zero attached hydrogens (tertiary/aromatic N) is 3. The lowest BCUT2D eigenvalue weighted by atomic mass is 10.2. The van der Waals surface area contributed by atoms with Crippen LogP contribution in [0.25, 0.3) is 0 Å². The van der Waals surface area contributed by atoms with Crippen molar-refractivity contribution >= 4 is 17.4 Å². The number of halogens is 1. The molecule has 0 aliphatic carbocycles. The number of ether oxygens (including phenoxy) is 1. The molecule has 0 bridgehead atoms. The molecule has 106 valence electrons. The van der Waals surface area contributed by atoms with Gasteiger partial charge in [0.1, 0.15) is 16.8 Å². The predicted molar refractivity (Wildman–Crippen MR) is 78.0 cm³/mol. The van der Waals surface area contributed by atoms with Crippen LogP contribution in [0.3, 0.4) is 0 Å². The minimum absolute atomic E-state index is 0.277. The summed E-state index contributed by atoms with van der Waals surface area (Å²) in [6.45, 7) is 8.97. The number of anilines is 1. The summed E-state index contributed by atoms with van der Waals surface area (Å²) in [5, 5.41) is 0.520. The molecule has 0 spiro atoms. The topological polar surface area (TPSA) is 38.2 Å². The molecule has 4 nitrogen and oxygen atoms in total. The molecule has 1 fully saturated rings. The van der Waals surface area contributed by atoms with Crippen molar-refractivity contribution < 1.29 is 4.74 Å². The molecule has 1 unspecified atom stereocenters. The number of aromatic nitrogens is 2. The minimum Gasteiger partial charge on any atom is -0.376 e. The quantitative estimate of drug-likeness (QED) is 0.798. The maximum atomic E-state index is 6.12. The SMILES string of the molecule is CCC1CN(c2cc(Cl)nc(C(C)C)n2)CCCO1. The van der Waals surface area contributed by atoms with E-state index in [1.165, 1.54) is 0 Å². The van der Waals surface area contributed by atoms with Crippen molar-refractivity contribution in [3.05, 3.63) is 17.0 Å². The van der Waals surface area contributed by atoms with Crippen LogP contribution in [0.2, 0.25) is 5.15 Å². The van der Waals surface area contributed by atoms with Gasteiger partial charge in [0.25, 0.3) is 0 Å². The van der Waals surface area contributed by atoms with Crippen LogP contribution in [-0.2, 0) is 4.74 Å². The highest BCUT2D eigenvalue weighted by atomic mass is 35.5. The van der Waals surface area contributed by atoms with Gasteiger partial charge in [0, 0.05) is 31.7 Å². The van der Waals surface area contributed by atoms with Gasteiger partial charge in [0.15, 0.2) is 0 Å². The molecule has 2 rings (SSSR count). The van der Waals surface area contributed by atoms with E-state index in [0.29, 0.717) is 5.15 Å². The van der Waals surface area contributed by atoms with Gasteiger partial charge in [-0.05, 0) is 12.8 Å². The zero-order chi connectivity index (χ0) is 13.8. The Morgan fingerprint density at radius 3 is 2.95 bits per heavy atom. The Labute approximate surface area is 120 Å². The van der Waals surface area contributed by atoms with E-state index in [1.54, 1.807) is 0 Å². The lowest BCUT2D eigenvalue weighted by Crippen LogP contribution is -2.32. The van der Waals surface area contributed by atoms with Crippen LogP contribution in [0.4, 0.5) is 5.82 Å². The molecule has 1 atom stereocenters. The highest BCUT2D eigenvalue weighted by Gasteiger charge is 2.20. The first-order valence-electron chi connectivity index (χ1n) is 7.01. The second kappa shape index (κ2) is 6.53. The molecule has 0 aromatic carbocycles. The third kappa shape index (κ3) is 3.80. The van der Waals surface area contributed by atoms with Crippen LogP contribution in [0.15, 0.2) is 6.07 Å². The molecule has 5 heteroatoms. The smallest absolute Gasteiger partial charge is 0.135 e. The molecule has 0 amide bonds. The summed E-state index contributed by atoms with van der Waals surface area (Å²) in [6.07, 6.45) is 2.32. The van der Waals surface area contributed by atoms with Crippen molar-refractivity contribution in [1.82, 2.24) is 9.97 Å². The van der Waals surface area contributed by atoms with E-state index < -0.39 is 0 Å². The standard InChI is InChI=1S/C14H22ClN3O/c1-4-11-9-18(6-5-7-19-11)13-8-12(15)16-14(17-13)10(2)3/h8,10-11H,4-7,9H2,1-3H3. The number of hydrogen-bond acceptors (Lipinski definition) is 4. The molecular weight excluding hydrogens is 262 g/mol. The Balaban J connectivity index is 2.24. The second-order valence-corrected chi connectivity index (χ2v) is 5.65. The van der Waals surface area contributed by atoms with E-state index in [1.807, 2.05) is 6.07 Å². The Bertz CT molecular complexity index is 425. The fourth-order valence-electron chi connectivity index (χ4n) is 2.19. The highest BCUT2D eigenvalue weighted by molar-refractivity contribution is 6.29. The molecule has 2 heterocycles. The lowest BCUT2D eigenvalue weighted by molar-refractivity contribution is 0.0664. The fraction of sp³-hybridized carbons (Fsp3) is 0.714. The summed E-state index contributed by atoms with van der Waals surface area (Å²) in [5.41, 5.74) is 0. The van der Waals surface area contributed by atoms with Crippen LogP contribution < -0.4 is 4.90 Å². The normalized spacial score (nSPS) is 20.7. The highest BCUT2D eigenvalue weighted by Crippen LogP contribution is 2.22. The molecule has 1 aliphatic rings. The predicted octanol–water partition coefficient (Wildman–Crippen LogP) is 3.26. The number of hydrogen-bond donors (Lipinski definition) is 0. The van der Waals surface area contributed by atoms with Gasteiger partial charge < -0.3 is 9.64 Å². The van der Waals surface area contributed by atoms with Gasteiger partial charge >= 0.3 is 0 Å². The average molecular weight is 284 g/mol. The zero-order valence-corrected chi connectivity index (χ0v) is 12.7. The third-order valence-electron chi connectivity index (χ3n) is 3.34. The van der Waals surface area contributed by atoms with Gasteiger partial charge in [0.2, 0.25) is 0 Å². The lowest BCUT2D eigenvalue weighted by Gasteiger charge is -2.25. The van der Waals surface area contributed by atoms with Gasteiger partial charge in [-0.25, -0.2) is 9.97 Å². The van der Waals surface area contributed by atoms with E-state index >= 15 is 0 Å². The van der Waals surface area contributed by atoms with Crippen molar-refractivity contribution in [2.24, 2.45) is 0 Å². The fourth-order valence-corrected chi connectivity index (χ4v) is 2.38. The van der Waals surface area contributed by atoms with Crippen LogP contribution >= 0.6 is 11.6 Å². The van der Waals surface area contributed by atoms with E-state index in [-0.39, 0.29) is 12.0 Å². The Morgan fingerprint density at radius 2 is 2.26 bits per heavy atom. The van der Waals surface area contributed by atoms with Crippen molar-refractivity contribution in [3.8, 4) is 0 Å². The van der Waals surface area contributed by atoms with E-state index in [9.17, 15) is 0 Å². The van der Waals surface area contributed by atoms with Gasteiger partial charge in [0.05, 0.1) is 6.10 Å². The molecule has 19 heavy (non-hydrogen) atoms. The number of rotatable bonds is 3. The molecule has 0 N–H and O–H groups in total. The summed E-state index contributed by atoms with van der Waals surface area (Å²) in [4.78, 5) is 11.2. The van der Waals surface area contributed by atoms with Gasteiger partial charge in [-0.2, -0.15) is 0 Å². The molecule has 1 aromatic rings. The summed E-state index contributed by atoms with van der Waals surface area (Å²) < 4.78 is 5.79. The Hall–Kier alpha value is -0.870. The Kier molecular flexibility index (Phi) is 4.99. The average Bonchev–Trinajstić information content (AvgIpc) is 2.63. The minimum atomic E-state index is 0.277. The Morgan fingerprint density at radius 1 is 1.47 bits per heavy atom. The van der Waals surface area contributed by atoms with Gasteiger partial charge in [-0.3, -0.25) is 0 Å². The van der Waals surface area contributed by atoms with Crippen molar-refractivity contribution in [2.75, 3.05) is 24.6 Å². The molecule has 1 saturated heterocycles. The third-order valence-corrected chi connectivity index (χ3v) is 3.54. The van der Waals surface area contributed by atoms with Crippen molar-refractivity contribution in [3.63, 3.8) is 0 Å². The molecular formula is C14H22ClN3O. The maximum absolute atomic E-state index is 6.12. The summed E-state index contributed by atoms with van der Waals surface area (Å²) in [5.74, 6) is 2.01. The van der Waals surface area contributed by atoms with E-state index in [4.69, 9.17) is 16.3 Å². The van der Waals surface area contributed by atoms with E-state index in [0.717, 1.165) is 44.2 Å². The molecule has 1 aliphatic heterocycles. The first-order valence-corrected chi connectivity index (χ1v) is 7.39. The summed E-state index contributed by atoms with van der Waals surface area (Å²) in [7, 11) is 0. The molecule has 0 radical (unpaired) electrons. The first kappa shape index (κ1) is 14.5. The van der Waals surface area contributed by atoms with Crippen LogP contribution in [0, 0.1) is 0 Å². The largest absolute Gasteiger partial charge is 0.376 e. The van der Waals surface area contributed by atoms with E-state index in [2.05, 4.69) is 35.6 Å². The summed E-state index contributed by atoms with van der Waals surface area (Å²) in [6, 6.07) is 1.85.